The number of nitrogens with zero attached hydrogens (tertiary/aromatic N) is 3. The van der Waals surface area contributed by atoms with Crippen molar-refractivity contribution < 1.29 is 14.5 Å². The number of aromatic nitrogens is 2. The fourth-order valence-corrected chi connectivity index (χ4v) is 1.68. The Morgan fingerprint density at radius 1 is 1.20 bits per heavy atom. The highest BCUT2D eigenvalue weighted by atomic mass is 16.6. The van der Waals surface area contributed by atoms with Gasteiger partial charge in [0.05, 0.1) is 23.1 Å². The van der Waals surface area contributed by atoms with Crippen LogP contribution in [0.3, 0.4) is 0 Å². The molecule has 0 saturated heterocycles. The summed E-state index contributed by atoms with van der Waals surface area (Å²) in [5.41, 5.74) is 0.538. The first-order valence-corrected chi connectivity index (χ1v) is 5.77. The van der Waals surface area contributed by atoms with Crippen LogP contribution in [0, 0.1) is 10.1 Å². The summed E-state index contributed by atoms with van der Waals surface area (Å²) in [6.45, 7) is 0. The summed E-state index contributed by atoms with van der Waals surface area (Å²) in [5, 5.41) is 14.4. The third-order valence-corrected chi connectivity index (χ3v) is 2.75. The van der Waals surface area contributed by atoms with E-state index in [0.717, 1.165) is 0 Å². The lowest BCUT2D eigenvalue weighted by Crippen LogP contribution is -2.08. The molecule has 20 heavy (non-hydrogen) atoms. The van der Waals surface area contributed by atoms with Gasteiger partial charge in [0.15, 0.2) is 11.6 Å². The predicted octanol–water partition coefficient (Wildman–Crippen LogP) is 1.78. The van der Waals surface area contributed by atoms with Gasteiger partial charge in [-0.25, -0.2) is 0 Å². The van der Waals surface area contributed by atoms with Gasteiger partial charge < -0.3 is 0 Å². The number of carbonyl (C=O) groups excluding carboxylic acids is 2. The number of carbonyl (C=O) groups is 2. The predicted molar refractivity (Wildman–Crippen MR) is 69.6 cm³/mol. The lowest BCUT2D eigenvalue weighted by atomic mass is 10.0. The van der Waals surface area contributed by atoms with Gasteiger partial charge in [-0.1, -0.05) is 0 Å². The third-order valence-electron chi connectivity index (χ3n) is 2.75. The van der Waals surface area contributed by atoms with Crippen molar-refractivity contribution in [3.8, 4) is 0 Å². The summed E-state index contributed by atoms with van der Waals surface area (Å²) >= 11 is 0. The number of hydrogen-bond donors (Lipinski definition) is 0. The van der Waals surface area contributed by atoms with Crippen molar-refractivity contribution in [2.24, 2.45) is 7.05 Å². The minimum atomic E-state index is -0.547. The SMILES string of the molecule is Cn1cc(C(=O)CC(=O)c2ccc([N+](=O)[O-])cc2)cn1. The Hall–Kier alpha value is -2.83. The Morgan fingerprint density at radius 3 is 2.30 bits per heavy atom. The van der Waals surface area contributed by atoms with Gasteiger partial charge in [0, 0.05) is 30.9 Å². The average Bonchev–Trinajstić information content (AvgIpc) is 2.85. The van der Waals surface area contributed by atoms with E-state index in [1.165, 1.54) is 41.3 Å². The van der Waals surface area contributed by atoms with Gasteiger partial charge in [-0.15, -0.1) is 0 Å². The molecule has 0 aliphatic heterocycles. The molecular formula is C13H11N3O4. The maximum atomic E-state index is 11.9. The zero-order valence-electron chi connectivity index (χ0n) is 10.6. The maximum absolute atomic E-state index is 11.9. The third kappa shape index (κ3) is 2.94. The molecule has 0 N–H and O–H groups in total. The summed E-state index contributed by atoms with van der Waals surface area (Å²) in [4.78, 5) is 33.7. The van der Waals surface area contributed by atoms with E-state index in [9.17, 15) is 19.7 Å². The first-order valence-electron chi connectivity index (χ1n) is 5.77. The van der Waals surface area contributed by atoms with Crippen LogP contribution in [0.4, 0.5) is 5.69 Å². The van der Waals surface area contributed by atoms with Gasteiger partial charge >= 0.3 is 0 Å². The number of aryl methyl sites for hydroxylation is 1. The minimum Gasteiger partial charge on any atom is -0.294 e. The van der Waals surface area contributed by atoms with Gasteiger partial charge in [0.25, 0.3) is 5.69 Å². The highest BCUT2D eigenvalue weighted by Gasteiger charge is 2.16. The lowest BCUT2D eigenvalue weighted by molar-refractivity contribution is -0.384. The second-order valence-electron chi connectivity index (χ2n) is 4.23. The maximum Gasteiger partial charge on any atom is 0.269 e. The van der Waals surface area contributed by atoms with Crippen molar-refractivity contribution in [1.82, 2.24) is 9.78 Å². The van der Waals surface area contributed by atoms with E-state index in [-0.39, 0.29) is 29.2 Å². The topological polar surface area (TPSA) is 95.1 Å². The molecule has 0 saturated carbocycles. The number of Topliss-reactive ketones (excluding diaryl/α,β-unsaturated/α-hetero) is 2. The van der Waals surface area contributed by atoms with Crippen LogP contribution in [0.25, 0.3) is 0 Å². The summed E-state index contributed by atoms with van der Waals surface area (Å²) in [5.74, 6) is -0.713. The second-order valence-corrected chi connectivity index (χ2v) is 4.23. The van der Waals surface area contributed by atoms with E-state index in [0.29, 0.717) is 5.56 Å². The van der Waals surface area contributed by atoms with Crippen LogP contribution in [0.15, 0.2) is 36.7 Å². The van der Waals surface area contributed by atoms with Crippen LogP contribution in [-0.4, -0.2) is 26.3 Å². The summed E-state index contributed by atoms with van der Waals surface area (Å²) in [6.07, 6.45) is 2.64. The molecule has 0 amide bonds. The molecule has 0 aliphatic rings. The Labute approximate surface area is 114 Å². The Bertz CT molecular complexity index is 673. The zero-order chi connectivity index (χ0) is 14.7. The smallest absolute Gasteiger partial charge is 0.269 e. The van der Waals surface area contributed by atoms with Crippen LogP contribution < -0.4 is 0 Å². The quantitative estimate of drug-likeness (QED) is 0.358. The van der Waals surface area contributed by atoms with E-state index >= 15 is 0 Å². The van der Waals surface area contributed by atoms with Crippen molar-refractivity contribution in [3.05, 3.63) is 57.9 Å². The summed E-state index contributed by atoms with van der Waals surface area (Å²) in [6, 6.07) is 5.16. The molecule has 0 bridgehead atoms. The summed E-state index contributed by atoms with van der Waals surface area (Å²) < 4.78 is 1.48. The standard InChI is InChI=1S/C13H11N3O4/c1-15-8-10(7-14-15)13(18)6-12(17)9-2-4-11(5-3-9)16(19)20/h2-5,7-8H,6H2,1H3. The van der Waals surface area contributed by atoms with Crippen LogP contribution in [0.1, 0.15) is 27.1 Å². The first kappa shape index (κ1) is 13.6. The van der Waals surface area contributed by atoms with Gasteiger partial charge in [0.2, 0.25) is 0 Å². The van der Waals surface area contributed by atoms with E-state index < -0.39 is 4.92 Å². The molecule has 1 aromatic heterocycles. The highest BCUT2D eigenvalue weighted by molar-refractivity contribution is 6.13. The number of ketones is 2. The molecule has 7 heteroatoms. The molecule has 7 nitrogen and oxygen atoms in total. The first-order chi connectivity index (χ1) is 9.47. The van der Waals surface area contributed by atoms with E-state index in [1.807, 2.05) is 0 Å². The number of nitro groups is 1. The monoisotopic (exact) mass is 273 g/mol. The second kappa shape index (κ2) is 5.43. The molecule has 0 radical (unpaired) electrons. The molecule has 0 spiro atoms. The lowest BCUT2D eigenvalue weighted by Gasteiger charge is -1.99. The Balaban J connectivity index is 2.08. The van der Waals surface area contributed by atoms with Gasteiger partial charge in [-0.2, -0.15) is 5.10 Å². The van der Waals surface area contributed by atoms with Crippen LogP contribution in [-0.2, 0) is 7.05 Å². The average molecular weight is 273 g/mol. The Morgan fingerprint density at radius 2 is 1.80 bits per heavy atom. The Kier molecular flexibility index (Phi) is 3.69. The fraction of sp³-hybridized carbons (Fsp3) is 0.154. The molecular weight excluding hydrogens is 262 g/mol. The molecule has 1 aromatic carbocycles. The summed E-state index contributed by atoms with van der Waals surface area (Å²) in [7, 11) is 1.68. The van der Waals surface area contributed by atoms with Crippen LogP contribution in [0.2, 0.25) is 0 Å². The van der Waals surface area contributed by atoms with E-state index in [2.05, 4.69) is 5.10 Å². The van der Waals surface area contributed by atoms with Gasteiger partial charge in [0.1, 0.15) is 0 Å². The minimum absolute atomic E-state index is 0.0971. The van der Waals surface area contributed by atoms with E-state index in [4.69, 9.17) is 0 Å². The zero-order valence-corrected chi connectivity index (χ0v) is 10.6. The van der Waals surface area contributed by atoms with Gasteiger partial charge in [-0.3, -0.25) is 24.4 Å². The van der Waals surface area contributed by atoms with Gasteiger partial charge in [-0.05, 0) is 12.1 Å². The molecule has 2 rings (SSSR count). The van der Waals surface area contributed by atoms with E-state index in [1.54, 1.807) is 7.05 Å². The van der Waals surface area contributed by atoms with Crippen LogP contribution in [0.5, 0.6) is 0 Å². The molecule has 2 aromatic rings. The van der Waals surface area contributed by atoms with Crippen molar-refractivity contribution in [1.29, 1.82) is 0 Å². The molecule has 0 atom stereocenters. The molecule has 102 valence electrons. The molecule has 0 fully saturated rings. The fourth-order valence-electron chi connectivity index (χ4n) is 1.68. The number of hydrogen-bond acceptors (Lipinski definition) is 5. The highest BCUT2D eigenvalue weighted by Crippen LogP contribution is 2.14. The molecule has 0 aliphatic carbocycles. The number of benzene rings is 1. The largest absolute Gasteiger partial charge is 0.294 e. The van der Waals surface area contributed by atoms with Crippen molar-refractivity contribution in [2.75, 3.05) is 0 Å². The number of rotatable bonds is 5. The molecule has 1 heterocycles. The molecule has 0 unspecified atom stereocenters. The van der Waals surface area contributed by atoms with Crippen molar-refractivity contribution in [2.45, 2.75) is 6.42 Å². The normalized spacial score (nSPS) is 10.2. The van der Waals surface area contributed by atoms with Crippen molar-refractivity contribution >= 4 is 17.3 Å². The van der Waals surface area contributed by atoms with Crippen LogP contribution >= 0.6 is 0 Å². The number of nitro benzene ring substituents is 1. The number of non-ortho nitro benzene ring substituents is 1. The van der Waals surface area contributed by atoms with Crippen molar-refractivity contribution in [3.63, 3.8) is 0 Å².